The SMILES string of the molecule is c1ccc(-c2ccc(-c3nc(-c4ccccc4)cc(-c4ccc5c(c4)C(c4ccccc4)(c4ccncc4)c4ccccc4-5)n3)cc2)cc1. The predicted octanol–water partition coefficient (Wildman–Crippen LogP) is 10.9. The molecular formula is C46H31N3. The molecule has 0 fully saturated rings. The van der Waals surface area contributed by atoms with Gasteiger partial charge in [0.15, 0.2) is 5.82 Å². The number of hydrogen-bond donors (Lipinski definition) is 0. The van der Waals surface area contributed by atoms with Crippen LogP contribution < -0.4 is 0 Å². The highest BCUT2D eigenvalue weighted by Gasteiger charge is 2.46. The zero-order valence-corrected chi connectivity index (χ0v) is 26.7. The van der Waals surface area contributed by atoms with Crippen molar-refractivity contribution in [1.82, 2.24) is 15.0 Å². The summed E-state index contributed by atoms with van der Waals surface area (Å²) < 4.78 is 0. The molecule has 9 rings (SSSR count). The lowest BCUT2D eigenvalue weighted by molar-refractivity contribution is 0.766. The fourth-order valence-electron chi connectivity index (χ4n) is 7.44. The van der Waals surface area contributed by atoms with Crippen LogP contribution in [0.4, 0.5) is 0 Å². The lowest BCUT2D eigenvalue weighted by atomic mass is 9.67. The van der Waals surface area contributed by atoms with Gasteiger partial charge in [-0.2, -0.15) is 0 Å². The summed E-state index contributed by atoms with van der Waals surface area (Å²) in [6.45, 7) is 0. The molecule has 3 nitrogen and oxygen atoms in total. The van der Waals surface area contributed by atoms with Crippen molar-refractivity contribution in [3.05, 3.63) is 211 Å². The minimum absolute atomic E-state index is 0.516. The van der Waals surface area contributed by atoms with Gasteiger partial charge in [-0.3, -0.25) is 4.98 Å². The fourth-order valence-corrected chi connectivity index (χ4v) is 7.44. The molecule has 6 aromatic carbocycles. The summed E-state index contributed by atoms with van der Waals surface area (Å²) >= 11 is 0. The molecule has 1 unspecified atom stereocenters. The maximum Gasteiger partial charge on any atom is 0.160 e. The average molecular weight is 626 g/mol. The number of aromatic nitrogens is 3. The maximum absolute atomic E-state index is 5.25. The van der Waals surface area contributed by atoms with Crippen molar-refractivity contribution >= 4 is 0 Å². The van der Waals surface area contributed by atoms with E-state index < -0.39 is 5.41 Å². The van der Waals surface area contributed by atoms with Crippen LogP contribution in [0.5, 0.6) is 0 Å². The zero-order chi connectivity index (χ0) is 32.6. The molecular weight excluding hydrogens is 595 g/mol. The number of hydrogen-bond acceptors (Lipinski definition) is 3. The van der Waals surface area contributed by atoms with E-state index in [0.717, 1.165) is 33.6 Å². The lowest BCUT2D eigenvalue weighted by Crippen LogP contribution is -2.28. The summed E-state index contributed by atoms with van der Waals surface area (Å²) in [5, 5.41) is 0. The second-order valence-electron chi connectivity index (χ2n) is 12.4. The molecule has 0 aliphatic heterocycles. The van der Waals surface area contributed by atoms with Gasteiger partial charge in [0.2, 0.25) is 0 Å². The molecule has 0 radical (unpaired) electrons. The van der Waals surface area contributed by atoms with Gasteiger partial charge in [0, 0.05) is 29.1 Å². The van der Waals surface area contributed by atoms with Gasteiger partial charge in [-0.05, 0) is 68.8 Å². The first kappa shape index (κ1) is 28.7. The quantitative estimate of drug-likeness (QED) is 0.185. The first-order valence-electron chi connectivity index (χ1n) is 16.6. The van der Waals surface area contributed by atoms with Gasteiger partial charge in [0.25, 0.3) is 0 Å². The molecule has 1 atom stereocenters. The Morgan fingerprint density at radius 3 is 1.57 bits per heavy atom. The summed E-state index contributed by atoms with van der Waals surface area (Å²) in [7, 11) is 0. The van der Waals surface area contributed by atoms with Crippen molar-refractivity contribution < 1.29 is 0 Å². The van der Waals surface area contributed by atoms with Crippen LogP contribution in [0.25, 0.3) is 56.2 Å². The molecule has 230 valence electrons. The monoisotopic (exact) mass is 625 g/mol. The lowest BCUT2D eigenvalue weighted by Gasteiger charge is -2.33. The van der Waals surface area contributed by atoms with E-state index in [1.165, 1.54) is 38.9 Å². The number of rotatable bonds is 6. The van der Waals surface area contributed by atoms with Crippen molar-refractivity contribution in [2.75, 3.05) is 0 Å². The smallest absolute Gasteiger partial charge is 0.160 e. The summed E-state index contributed by atoms with van der Waals surface area (Å²) in [6.07, 6.45) is 3.80. The van der Waals surface area contributed by atoms with E-state index in [2.05, 4.69) is 169 Å². The highest BCUT2D eigenvalue weighted by molar-refractivity contribution is 5.88. The van der Waals surface area contributed by atoms with Crippen LogP contribution in [0.1, 0.15) is 22.3 Å². The molecule has 1 aliphatic carbocycles. The first-order valence-corrected chi connectivity index (χ1v) is 16.6. The van der Waals surface area contributed by atoms with Gasteiger partial charge in [-0.15, -0.1) is 0 Å². The van der Waals surface area contributed by atoms with Crippen LogP contribution in [0.2, 0.25) is 0 Å². The number of pyridine rings is 1. The highest BCUT2D eigenvalue weighted by Crippen LogP contribution is 2.56. The Hall–Kier alpha value is -6.45. The van der Waals surface area contributed by atoms with Crippen LogP contribution in [0, 0.1) is 0 Å². The number of benzene rings is 6. The van der Waals surface area contributed by atoms with Gasteiger partial charge in [-0.25, -0.2) is 9.97 Å². The third-order valence-electron chi connectivity index (χ3n) is 9.71. The first-order chi connectivity index (χ1) is 24.3. The van der Waals surface area contributed by atoms with Crippen LogP contribution in [-0.4, -0.2) is 15.0 Å². The minimum Gasteiger partial charge on any atom is -0.265 e. The molecule has 0 amide bonds. The van der Waals surface area contributed by atoms with E-state index in [1.807, 2.05) is 24.5 Å². The summed E-state index contributed by atoms with van der Waals surface area (Å²) in [5.41, 5.74) is 14.1. The average Bonchev–Trinajstić information content (AvgIpc) is 3.49. The van der Waals surface area contributed by atoms with E-state index in [9.17, 15) is 0 Å². The van der Waals surface area contributed by atoms with E-state index in [-0.39, 0.29) is 0 Å². The van der Waals surface area contributed by atoms with Gasteiger partial charge < -0.3 is 0 Å². The molecule has 0 spiro atoms. The van der Waals surface area contributed by atoms with E-state index in [1.54, 1.807) is 0 Å². The fraction of sp³-hybridized carbons (Fsp3) is 0.0217. The summed E-state index contributed by atoms with van der Waals surface area (Å²) in [5.74, 6) is 0.697. The molecule has 0 saturated heterocycles. The molecule has 0 N–H and O–H groups in total. The normalized spacial score (nSPS) is 14.6. The number of fused-ring (bicyclic) bond motifs is 3. The molecule has 8 aromatic rings. The third kappa shape index (κ3) is 4.87. The maximum atomic E-state index is 5.25. The second-order valence-corrected chi connectivity index (χ2v) is 12.4. The van der Waals surface area contributed by atoms with Crippen molar-refractivity contribution in [1.29, 1.82) is 0 Å². The van der Waals surface area contributed by atoms with Crippen molar-refractivity contribution in [2.24, 2.45) is 0 Å². The van der Waals surface area contributed by atoms with Crippen LogP contribution >= 0.6 is 0 Å². The second kappa shape index (κ2) is 12.0. The Balaban J connectivity index is 1.25. The molecule has 1 aliphatic rings. The van der Waals surface area contributed by atoms with E-state index in [0.29, 0.717) is 5.82 Å². The molecule has 0 saturated carbocycles. The highest BCUT2D eigenvalue weighted by atomic mass is 14.9. The third-order valence-corrected chi connectivity index (χ3v) is 9.71. The zero-order valence-electron chi connectivity index (χ0n) is 26.7. The van der Waals surface area contributed by atoms with Crippen molar-refractivity contribution in [3.8, 4) is 56.2 Å². The largest absolute Gasteiger partial charge is 0.265 e. The van der Waals surface area contributed by atoms with Crippen LogP contribution in [-0.2, 0) is 5.41 Å². The topological polar surface area (TPSA) is 38.7 Å². The predicted molar refractivity (Wildman–Crippen MR) is 199 cm³/mol. The molecule has 3 heteroatoms. The van der Waals surface area contributed by atoms with Crippen molar-refractivity contribution in [3.63, 3.8) is 0 Å². The van der Waals surface area contributed by atoms with Crippen LogP contribution in [0.3, 0.4) is 0 Å². The van der Waals surface area contributed by atoms with Gasteiger partial charge in [-0.1, -0.05) is 152 Å². The Kier molecular flexibility index (Phi) is 7.02. The molecule has 2 heterocycles. The van der Waals surface area contributed by atoms with Gasteiger partial charge >= 0.3 is 0 Å². The Bertz CT molecular complexity index is 2370. The van der Waals surface area contributed by atoms with E-state index in [4.69, 9.17) is 9.97 Å². The Morgan fingerprint density at radius 2 is 0.857 bits per heavy atom. The van der Waals surface area contributed by atoms with Gasteiger partial charge in [0.1, 0.15) is 0 Å². The molecule has 0 bridgehead atoms. The van der Waals surface area contributed by atoms with E-state index >= 15 is 0 Å². The molecule has 49 heavy (non-hydrogen) atoms. The van der Waals surface area contributed by atoms with Crippen molar-refractivity contribution in [2.45, 2.75) is 5.41 Å². The Morgan fingerprint density at radius 1 is 0.347 bits per heavy atom. The van der Waals surface area contributed by atoms with Gasteiger partial charge in [0.05, 0.1) is 16.8 Å². The number of nitrogens with zero attached hydrogens (tertiary/aromatic N) is 3. The molecule has 2 aromatic heterocycles. The standard InChI is InChI=1S/C46H31N3/c1-4-12-32(13-5-1)33-20-22-35(23-21-33)45-48-43(34-14-6-2-7-15-34)31-44(49-45)36-24-25-40-39-18-10-11-19-41(39)46(42(40)30-36,37-16-8-3-9-17-37)38-26-28-47-29-27-38/h1-31H. The Labute approximate surface area is 286 Å². The minimum atomic E-state index is -0.516. The van der Waals surface area contributed by atoms with Crippen LogP contribution in [0.15, 0.2) is 188 Å². The summed E-state index contributed by atoms with van der Waals surface area (Å²) in [4.78, 5) is 14.8. The summed E-state index contributed by atoms with van der Waals surface area (Å²) in [6, 6.07) is 62.3.